The summed E-state index contributed by atoms with van der Waals surface area (Å²) in [5.41, 5.74) is 0. The molecule has 0 saturated heterocycles. The lowest BCUT2D eigenvalue weighted by molar-refractivity contribution is -0.255. The predicted molar refractivity (Wildman–Crippen MR) is 33.6 cm³/mol. The van der Waals surface area contributed by atoms with Crippen molar-refractivity contribution < 1.29 is 23.7 Å². The monoisotopic (exact) mass is 168 g/mol. The van der Waals surface area contributed by atoms with Crippen LogP contribution in [0.2, 0.25) is 0 Å². The maximum Gasteiger partial charge on any atom is 0.315 e. The first-order valence-corrected chi connectivity index (χ1v) is 3.59. The molecule has 0 rings (SSSR count). The Labute approximate surface area is 59.1 Å². The van der Waals surface area contributed by atoms with Crippen LogP contribution in [0, 0.1) is 0 Å². The van der Waals surface area contributed by atoms with Gasteiger partial charge in [0.15, 0.2) is 0 Å². The Bertz CT molecular complexity index is 223. The molecule has 0 aromatic rings. The summed E-state index contributed by atoms with van der Waals surface area (Å²) in [7, 11) is -2.76. The standard InChI is InChI=1S/C4H8O5S/c1-2-3(10(8)9)4(5,6)7/h5-7H,2H2,1H3. The van der Waals surface area contributed by atoms with Crippen molar-refractivity contribution >= 4 is 15.2 Å². The van der Waals surface area contributed by atoms with Crippen LogP contribution in [0.15, 0.2) is 0 Å². The van der Waals surface area contributed by atoms with E-state index in [2.05, 4.69) is 0 Å². The molecule has 0 aliphatic rings. The normalized spacial score (nSPS) is 11.2. The molecule has 60 valence electrons. The summed E-state index contributed by atoms with van der Waals surface area (Å²) in [6, 6.07) is 0. The molecule has 0 spiro atoms. The summed E-state index contributed by atoms with van der Waals surface area (Å²) >= 11 is 0. The first-order valence-electron chi connectivity index (χ1n) is 2.52. The molecule has 0 radical (unpaired) electrons. The van der Waals surface area contributed by atoms with Crippen LogP contribution in [0.3, 0.4) is 0 Å². The second-order valence-electron chi connectivity index (χ2n) is 1.65. The van der Waals surface area contributed by atoms with Crippen LogP contribution in [0.1, 0.15) is 13.3 Å². The average molecular weight is 168 g/mol. The molecule has 10 heavy (non-hydrogen) atoms. The van der Waals surface area contributed by atoms with Gasteiger partial charge in [-0.05, 0) is 6.42 Å². The van der Waals surface area contributed by atoms with Gasteiger partial charge in [0.2, 0.25) is 10.3 Å². The summed E-state index contributed by atoms with van der Waals surface area (Å²) in [4.78, 5) is -0.743. The van der Waals surface area contributed by atoms with Crippen molar-refractivity contribution in [3.05, 3.63) is 0 Å². The van der Waals surface area contributed by atoms with Crippen LogP contribution < -0.4 is 0 Å². The van der Waals surface area contributed by atoms with Gasteiger partial charge in [-0.3, -0.25) is 0 Å². The summed E-state index contributed by atoms with van der Waals surface area (Å²) in [5, 5.41) is 25.0. The van der Waals surface area contributed by atoms with Crippen molar-refractivity contribution in [3.63, 3.8) is 0 Å². The van der Waals surface area contributed by atoms with Crippen molar-refractivity contribution in [2.75, 3.05) is 0 Å². The molecule has 0 aromatic heterocycles. The Morgan fingerprint density at radius 3 is 1.80 bits per heavy atom. The third kappa shape index (κ3) is 2.44. The van der Waals surface area contributed by atoms with Gasteiger partial charge in [-0.25, -0.2) is 0 Å². The minimum Gasteiger partial charge on any atom is -0.339 e. The van der Waals surface area contributed by atoms with E-state index in [1.54, 1.807) is 0 Å². The fourth-order valence-electron chi connectivity index (χ4n) is 0.467. The SMILES string of the molecule is CCC(=S(=O)=O)C(O)(O)O. The van der Waals surface area contributed by atoms with Crippen molar-refractivity contribution in [2.45, 2.75) is 19.3 Å². The Hall–Kier alpha value is -0.430. The molecule has 0 atom stereocenters. The second kappa shape index (κ2) is 3.11. The molecule has 0 saturated carbocycles. The van der Waals surface area contributed by atoms with Crippen molar-refractivity contribution in [1.29, 1.82) is 0 Å². The molecule has 0 fully saturated rings. The highest BCUT2D eigenvalue weighted by molar-refractivity contribution is 7.73. The van der Waals surface area contributed by atoms with Crippen LogP contribution in [0.25, 0.3) is 0 Å². The highest BCUT2D eigenvalue weighted by Gasteiger charge is 2.26. The molecule has 0 aromatic carbocycles. The van der Waals surface area contributed by atoms with Gasteiger partial charge in [0.05, 0.1) is 0 Å². The predicted octanol–water partition coefficient (Wildman–Crippen LogP) is -1.92. The number of hydrogen-bond donors (Lipinski definition) is 3. The number of aliphatic hydroxyl groups is 3. The third-order valence-corrected chi connectivity index (χ3v) is 1.86. The van der Waals surface area contributed by atoms with Gasteiger partial charge in [0, 0.05) is 0 Å². The quantitative estimate of drug-likeness (QED) is 0.330. The molecule has 0 heterocycles. The van der Waals surface area contributed by atoms with Gasteiger partial charge >= 0.3 is 5.97 Å². The van der Waals surface area contributed by atoms with E-state index >= 15 is 0 Å². The Morgan fingerprint density at radius 2 is 1.80 bits per heavy atom. The van der Waals surface area contributed by atoms with E-state index in [4.69, 9.17) is 15.3 Å². The van der Waals surface area contributed by atoms with Gasteiger partial charge in [0.1, 0.15) is 4.86 Å². The summed E-state index contributed by atoms with van der Waals surface area (Å²) in [6.45, 7) is 1.38. The first-order chi connectivity index (χ1) is 4.39. The Kier molecular flexibility index (Phi) is 2.97. The van der Waals surface area contributed by atoms with E-state index in [9.17, 15) is 8.42 Å². The molecular weight excluding hydrogens is 160 g/mol. The number of rotatable bonds is 2. The van der Waals surface area contributed by atoms with Crippen molar-refractivity contribution in [2.24, 2.45) is 0 Å². The molecule has 0 aliphatic carbocycles. The summed E-state index contributed by atoms with van der Waals surface area (Å²) < 4.78 is 20.1. The largest absolute Gasteiger partial charge is 0.339 e. The van der Waals surface area contributed by atoms with Gasteiger partial charge in [-0.2, -0.15) is 8.42 Å². The molecular formula is C4H8O5S. The van der Waals surface area contributed by atoms with Gasteiger partial charge in [-0.1, -0.05) is 6.92 Å². The zero-order valence-electron chi connectivity index (χ0n) is 5.27. The topological polar surface area (TPSA) is 94.8 Å². The van der Waals surface area contributed by atoms with E-state index < -0.39 is 21.1 Å². The fourth-order valence-corrected chi connectivity index (χ4v) is 0.926. The lowest BCUT2D eigenvalue weighted by Gasteiger charge is -2.11. The average Bonchev–Trinajstić information content (AvgIpc) is 1.60. The van der Waals surface area contributed by atoms with Gasteiger partial charge in [0.25, 0.3) is 0 Å². The second-order valence-corrected chi connectivity index (χ2v) is 2.61. The molecule has 0 amide bonds. The molecule has 0 aliphatic heterocycles. The number of hydrogen-bond acceptors (Lipinski definition) is 5. The smallest absolute Gasteiger partial charge is 0.315 e. The van der Waals surface area contributed by atoms with Crippen LogP contribution >= 0.6 is 0 Å². The van der Waals surface area contributed by atoms with E-state index in [1.165, 1.54) is 6.92 Å². The fraction of sp³-hybridized carbons (Fsp3) is 0.750. The molecule has 0 bridgehead atoms. The van der Waals surface area contributed by atoms with E-state index in [-0.39, 0.29) is 6.42 Å². The van der Waals surface area contributed by atoms with Gasteiger partial charge in [-0.15, -0.1) is 0 Å². The van der Waals surface area contributed by atoms with Crippen molar-refractivity contribution in [1.82, 2.24) is 0 Å². The molecule has 0 unspecified atom stereocenters. The van der Waals surface area contributed by atoms with Crippen LogP contribution in [0.4, 0.5) is 0 Å². The highest BCUT2D eigenvalue weighted by atomic mass is 32.2. The maximum atomic E-state index is 10.1. The zero-order chi connectivity index (χ0) is 8.36. The minimum atomic E-state index is -3.21. The van der Waals surface area contributed by atoms with E-state index in [0.717, 1.165) is 0 Å². The Morgan fingerprint density at radius 1 is 1.40 bits per heavy atom. The maximum absolute atomic E-state index is 10.1. The van der Waals surface area contributed by atoms with E-state index in [0.29, 0.717) is 0 Å². The molecule has 3 N–H and O–H groups in total. The first kappa shape index (κ1) is 9.57. The van der Waals surface area contributed by atoms with Crippen LogP contribution in [-0.2, 0) is 10.3 Å². The van der Waals surface area contributed by atoms with Crippen LogP contribution in [0.5, 0.6) is 0 Å². The van der Waals surface area contributed by atoms with E-state index in [1.807, 2.05) is 0 Å². The summed E-state index contributed by atoms with van der Waals surface area (Å²) in [6.07, 6.45) is -0.139. The van der Waals surface area contributed by atoms with Gasteiger partial charge < -0.3 is 15.3 Å². The lowest BCUT2D eigenvalue weighted by Crippen LogP contribution is -2.38. The van der Waals surface area contributed by atoms with Crippen LogP contribution in [-0.4, -0.2) is 34.6 Å². The third-order valence-electron chi connectivity index (χ3n) is 0.896. The Balaban J connectivity index is 4.93. The molecule has 5 nitrogen and oxygen atoms in total. The minimum absolute atomic E-state index is 0.139. The highest BCUT2D eigenvalue weighted by Crippen LogP contribution is 1.98. The zero-order valence-corrected chi connectivity index (χ0v) is 6.09. The lowest BCUT2D eigenvalue weighted by atomic mass is 10.3. The summed E-state index contributed by atoms with van der Waals surface area (Å²) in [5.74, 6) is -3.21. The van der Waals surface area contributed by atoms with Crippen molar-refractivity contribution in [3.8, 4) is 0 Å². The molecule has 6 heteroatoms.